The first-order valence-electron chi connectivity index (χ1n) is 7.44. The number of halogens is 2. The van der Waals surface area contributed by atoms with Gasteiger partial charge in [-0.15, -0.1) is 0 Å². The largest absolute Gasteiger partial charge is 0.356 e. The zero-order valence-electron chi connectivity index (χ0n) is 12.4. The summed E-state index contributed by atoms with van der Waals surface area (Å²) in [7, 11) is 0. The predicted molar refractivity (Wildman–Crippen MR) is 92.6 cm³/mol. The van der Waals surface area contributed by atoms with Crippen molar-refractivity contribution in [3.63, 3.8) is 0 Å². The smallest absolute Gasteiger partial charge is 0.136 e. The Morgan fingerprint density at radius 3 is 2.50 bits per heavy atom. The van der Waals surface area contributed by atoms with Crippen LogP contribution < -0.4 is 10.2 Å². The standard InChI is InChI=1S/C16H18Cl2N4/c1-11-19-15(21-12-5-6-13(17)14(18)9-12)10-16(20-11)22-7-3-2-4-8-22/h5-6,9-10H,2-4,7-8H2,1H3,(H,19,20,21). The van der Waals surface area contributed by atoms with Crippen molar-refractivity contribution < 1.29 is 0 Å². The molecule has 1 aromatic carbocycles. The first-order chi connectivity index (χ1) is 10.6. The van der Waals surface area contributed by atoms with Crippen molar-refractivity contribution in [2.45, 2.75) is 26.2 Å². The minimum Gasteiger partial charge on any atom is -0.356 e. The number of aromatic nitrogens is 2. The molecule has 3 rings (SSSR count). The number of hydrogen-bond acceptors (Lipinski definition) is 4. The van der Waals surface area contributed by atoms with Crippen molar-refractivity contribution in [3.05, 3.63) is 40.1 Å². The number of rotatable bonds is 3. The molecule has 1 fully saturated rings. The van der Waals surface area contributed by atoms with Gasteiger partial charge in [-0.1, -0.05) is 23.2 Å². The Hall–Kier alpha value is -1.52. The summed E-state index contributed by atoms with van der Waals surface area (Å²) in [6.45, 7) is 4.03. The molecule has 2 aromatic rings. The number of aryl methyl sites for hydroxylation is 1. The average Bonchev–Trinajstić information content (AvgIpc) is 2.51. The summed E-state index contributed by atoms with van der Waals surface area (Å²) in [5.74, 6) is 2.51. The van der Waals surface area contributed by atoms with E-state index in [0.717, 1.165) is 36.2 Å². The molecule has 1 saturated heterocycles. The van der Waals surface area contributed by atoms with Gasteiger partial charge in [0.05, 0.1) is 10.0 Å². The van der Waals surface area contributed by atoms with E-state index in [2.05, 4.69) is 20.2 Å². The van der Waals surface area contributed by atoms with Crippen LogP contribution in [-0.2, 0) is 0 Å². The summed E-state index contributed by atoms with van der Waals surface area (Å²) in [6, 6.07) is 7.43. The molecule has 0 saturated carbocycles. The molecular weight excluding hydrogens is 319 g/mol. The lowest BCUT2D eigenvalue weighted by Gasteiger charge is -2.28. The van der Waals surface area contributed by atoms with Crippen LogP contribution in [-0.4, -0.2) is 23.1 Å². The fraction of sp³-hybridized carbons (Fsp3) is 0.375. The van der Waals surface area contributed by atoms with E-state index in [4.69, 9.17) is 23.2 Å². The van der Waals surface area contributed by atoms with Gasteiger partial charge >= 0.3 is 0 Å². The fourth-order valence-electron chi connectivity index (χ4n) is 2.62. The number of anilines is 3. The Morgan fingerprint density at radius 1 is 1.00 bits per heavy atom. The highest BCUT2D eigenvalue weighted by Crippen LogP contribution is 2.27. The normalized spacial score (nSPS) is 15.0. The third-order valence-corrected chi connectivity index (χ3v) is 4.44. The monoisotopic (exact) mass is 336 g/mol. The quantitative estimate of drug-likeness (QED) is 0.871. The van der Waals surface area contributed by atoms with E-state index in [9.17, 15) is 0 Å². The first kappa shape index (κ1) is 15.4. The number of nitrogens with zero attached hydrogens (tertiary/aromatic N) is 3. The number of piperidine rings is 1. The zero-order chi connectivity index (χ0) is 15.5. The Morgan fingerprint density at radius 2 is 1.77 bits per heavy atom. The highest BCUT2D eigenvalue weighted by atomic mass is 35.5. The predicted octanol–water partition coefficient (Wildman–Crippen LogP) is 4.83. The Balaban J connectivity index is 1.83. The SMILES string of the molecule is Cc1nc(Nc2ccc(Cl)c(Cl)c2)cc(N2CCCCC2)n1. The van der Waals surface area contributed by atoms with E-state index in [1.807, 2.05) is 19.1 Å². The lowest BCUT2D eigenvalue weighted by molar-refractivity contribution is 0.572. The number of benzene rings is 1. The molecule has 0 aliphatic carbocycles. The van der Waals surface area contributed by atoms with E-state index < -0.39 is 0 Å². The van der Waals surface area contributed by atoms with E-state index in [-0.39, 0.29) is 0 Å². The van der Waals surface area contributed by atoms with Crippen LogP contribution in [0.5, 0.6) is 0 Å². The molecule has 4 nitrogen and oxygen atoms in total. The maximum Gasteiger partial charge on any atom is 0.136 e. The fourth-order valence-corrected chi connectivity index (χ4v) is 2.92. The zero-order valence-corrected chi connectivity index (χ0v) is 14.0. The summed E-state index contributed by atoms with van der Waals surface area (Å²) in [5, 5.41) is 4.34. The van der Waals surface area contributed by atoms with E-state index in [1.165, 1.54) is 19.3 Å². The van der Waals surface area contributed by atoms with Crippen LogP contribution in [0, 0.1) is 6.92 Å². The molecule has 2 heterocycles. The summed E-state index contributed by atoms with van der Waals surface area (Å²) < 4.78 is 0. The number of hydrogen-bond donors (Lipinski definition) is 1. The van der Waals surface area contributed by atoms with Gasteiger partial charge in [0.1, 0.15) is 17.5 Å². The molecule has 6 heteroatoms. The lowest BCUT2D eigenvalue weighted by atomic mass is 10.1. The molecule has 1 aromatic heterocycles. The van der Waals surface area contributed by atoms with Gasteiger partial charge in [-0.3, -0.25) is 0 Å². The van der Waals surface area contributed by atoms with Crippen LogP contribution in [0.25, 0.3) is 0 Å². The molecule has 1 aliphatic rings. The topological polar surface area (TPSA) is 41.1 Å². The average molecular weight is 337 g/mol. The Kier molecular flexibility index (Phi) is 4.69. The molecule has 1 aliphatic heterocycles. The highest BCUT2D eigenvalue weighted by molar-refractivity contribution is 6.42. The Bertz CT molecular complexity index is 669. The third kappa shape index (κ3) is 3.62. The van der Waals surface area contributed by atoms with Gasteiger partial charge in [0.2, 0.25) is 0 Å². The molecule has 116 valence electrons. The van der Waals surface area contributed by atoms with Gasteiger partial charge in [0.25, 0.3) is 0 Å². The summed E-state index contributed by atoms with van der Waals surface area (Å²) in [6.07, 6.45) is 3.74. The van der Waals surface area contributed by atoms with Gasteiger partial charge < -0.3 is 10.2 Å². The molecule has 0 bridgehead atoms. The molecule has 0 spiro atoms. The minimum atomic E-state index is 0.522. The van der Waals surface area contributed by atoms with Crippen molar-refractivity contribution in [1.82, 2.24) is 9.97 Å². The Labute approximate surface area is 140 Å². The highest BCUT2D eigenvalue weighted by Gasteiger charge is 2.14. The second-order valence-corrected chi connectivity index (χ2v) is 6.27. The minimum absolute atomic E-state index is 0.522. The van der Waals surface area contributed by atoms with Crippen molar-refractivity contribution >= 4 is 40.5 Å². The van der Waals surface area contributed by atoms with Gasteiger partial charge in [-0.2, -0.15) is 0 Å². The van der Waals surface area contributed by atoms with Gasteiger partial charge in [-0.25, -0.2) is 9.97 Å². The van der Waals surface area contributed by atoms with Gasteiger partial charge in [0, 0.05) is 24.8 Å². The molecule has 0 radical (unpaired) electrons. The van der Waals surface area contributed by atoms with Crippen LogP contribution in [0.2, 0.25) is 10.0 Å². The van der Waals surface area contributed by atoms with E-state index in [1.54, 1.807) is 12.1 Å². The lowest BCUT2D eigenvalue weighted by Crippen LogP contribution is -2.30. The van der Waals surface area contributed by atoms with Gasteiger partial charge in [-0.05, 0) is 44.4 Å². The van der Waals surface area contributed by atoms with Crippen molar-refractivity contribution in [2.75, 3.05) is 23.3 Å². The maximum atomic E-state index is 6.05. The van der Waals surface area contributed by atoms with Gasteiger partial charge in [0.15, 0.2) is 0 Å². The van der Waals surface area contributed by atoms with Crippen LogP contribution in [0.15, 0.2) is 24.3 Å². The summed E-state index contributed by atoms with van der Waals surface area (Å²) >= 11 is 12.0. The van der Waals surface area contributed by atoms with Crippen LogP contribution in [0.3, 0.4) is 0 Å². The van der Waals surface area contributed by atoms with Crippen LogP contribution >= 0.6 is 23.2 Å². The molecule has 1 N–H and O–H groups in total. The second-order valence-electron chi connectivity index (χ2n) is 5.46. The second kappa shape index (κ2) is 6.71. The summed E-state index contributed by atoms with van der Waals surface area (Å²) in [5.41, 5.74) is 0.858. The molecule has 0 unspecified atom stereocenters. The van der Waals surface area contributed by atoms with E-state index in [0.29, 0.717) is 10.0 Å². The summed E-state index contributed by atoms with van der Waals surface area (Å²) in [4.78, 5) is 11.3. The molecule has 0 atom stereocenters. The van der Waals surface area contributed by atoms with Crippen molar-refractivity contribution in [3.8, 4) is 0 Å². The molecular formula is C16H18Cl2N4. The molecule has 0 amide bonds. The van der Waals surface area contributed by atoms with E-state index >= 15 is 0 Å². The maximum absolute atomic E-state index is 6.05. The van der Waals surface area contributed by atoms with Crippen LogP contribution in [0.4, 0.5) is 17.3 Å². The first-order valence-corrected chi connectivity index (χ1v) is 8.20. The van der Waals surface area contributed by atoms with Crippen molar-refractivity contribution in [1.29, 1.82) is 0 Å². The van der Waals surface area contributed by atoms with Crippen LogP contribution in [0.1, 0.15) is 25.1 Å². The number of nitrogens with one attached hydrogen (secondary N) is 1. The third-order valence-electron chi connectivity index (χ3n) is 3.70. The molecule has 22 heavy (non-hydrogen) atoms. The van der Waals surface area contributed by atoms with Crippen molar-refractivity contribution in [2.24, 2.45) is 0 Å².